The van der Waals surface area contributed by atoms with Crippen molar-refractivity contribution in [3.8, 4) is 0 Å². The van der Waals surface area contributed by atoms with E-state index in [1.54, 1.807) is 0 Å². The Balaban J connectivity index is 1.93. The first-order valence-electron chi connectivity index (χ1n) is 6.46. The van der Waals surface area contributed by atoms with E-state index < -0.39 is 5.97 Å². The Hall–Kier alpha value is -1.83. The molecule has 2 heteroatoms. The summed E-state index contributed by atoms with van der Waals surface area (Å²) in [6.07, 6.45) is 4.13. The SMILES string of the molecule is O=C(O)CCCCCc1cccc2ccccc12. The molecule has 2 rings (SSSR count). The molecule has 0 bridgehead atoms. The first-order valence-corrected chi connectivity index (χ1v) is 6.46. The molecule has 0 saturated heterocycles. The van der Waals surface area contributed by atoms with Crippen LogP contribution in [-0.2, 0) is 11.2 Å². The highest BCUT2D eigenvalue weighted by Gasteiger charge is 2.01. The van der Waals surface area contributed by atoms with Gasteiger partial charge in [0.25, 0.3) is 0 Å². The van der Waals surface area contributed by atoms with Crippen LogP contribution < -0.4 is 0 Å². The van der Waals surface area contributed by atoms with Crippen LogP contribution in [0.4, 0.5) is 0 Å². The summed E-state index contributed by atoms with van der Waals surface area (Å²) in [4.78, 5) is 10.4. The van der Waals surface area contributed by atoms with Crippen molar-refractivity contribution in [1.82, 2.24) is 0 Å². The van der Waals surface area contributed by atoms with Crippen LogP contribution >= 0.6 is 0 Å². The summed E-state index contributed by atoms with van der Waals surface area (Å²) in [6, 6.07) is 14.8. The molecule has 0 unspecified atom stereocenters. The van der Waals surface area contributed by atoms with Gasteiger partial charge < -0.3 is 5.11 Å². The zero-order valence-electron chi connectivity index (χ0n) is 10.4. The van der Waals surface area contributed by atoms with Gasteiger partial charge in [-0.15, -0.1) is 0 Å². The number of benzene rings is 2. The molecule has 0 spiro atoms. The van der Waals surface area contributed by atoms with Gasteiger partial charge >= 0.3 is 5.97 Å². The van der Waals surface area contributed by atoms with Crippen molar-refractivity contribution in [2.24, 2.45) is 0 Å². The molecular formula is C16H18O2. The van der Waals surface area contributed by atoms with Crippen LogP contribution in [0.2, 0.25) is 0 Å². The molecule has 0 aromatic heterocycles. The lowest BCUT2D eigenvalue weighted by atomic mass is 9.99. The molecule has 0 atom stereocenters. The van der Waals surface area contributed by atoms with Crippen molar-refractivity contribution < 1.29 is 9.90 Å². The van der Waals surface area contributed by atoms with Gasteiger partial charge in [-0.3, -0.25) is 4.79 Å². The average molecular weight is 242 g/mol. The number of carbonyl (C=O) groups is 1. The van der Waals surface area contributed by atoms with Crippen LogP contribution in [0.5, 0.6) is 0 Å². The van der Waals surface area contributed by atoms with Gasteiger partial charge in [0.15, 0.2) is 0 Å². The van der Waals surface area contributed by atoms with Crippen LogP contribution in [-0.4, -0.2) is 11.1 Å². The van der Waals surface area contributed by atoms with Gasteiger partial charge in [-0.05, 0) is 35.6 Å². The third-order valence-corrected chi connectivity index (χ3v) is 3.22. The number of hydrogen-bond donors (Lipinski definition) is 1. The van der Waals surface area contributed by atoms with Crippen molar-refractivity contribution in [2.75, 3.05) is 0 Å². The zero-order chi connectivity index (χ0) is 12.8. The monoisotopic (exact) mass is 242 g/mol. The second-order valence-corrected chi connectivity index (χ2v) is 4.59. The number of aliphatic carboxylic acids is 1. The fourth-order valence-corrected chi connectivity index (χ4v) is 2.28. The van der Waals surface area contributed by atoms with Gasteiger partial charge in [-0.25, -0.2) is 0 Å². The molecule has 0 amide bonds. The summed E-state index contributed by atoms with van der Waals surface area (Å²) in [5.41, 5.74) is 1.36. The summed E-state index contributed by atoms with van der Waals surface area (Å²) in [6.45, 7) is 0. The van der Waals surface area contributed by atoms with Crippen LogP contribution in [0.15, 0.2) is 42.5 Å². The van der Waals surface area contributed by atoms with Gasteiger partial charge in [0.1, 0.15) is 0 Å². The molecule has 0 aliphatic heterocycles. The smallest absolute Gasteiger partial charge is 0.303 e. The summed E-state index contributed by atoms with van der Waals surface area (Å²) in [5.74, 6) is -0.694. The predicted octanol–water partition coefficient (Wildman–Crippen LogP) is 4.03. The van der Waals surface area contributed by atoms with E-state index in [-0.39, 0.29) is 6.42 Å². The molecule has 1 N–H and O–H groups in total. The lowest BCUT2D eigenvalue weighted by molar-refractivity contribution is -0.137. The molecule has 0 heterocycles. The van der Waals surface area contributed by atoms with Crippen molar-refractivity contribution in [2.45, 2.75) is 32.1 Å². The summed E-state index contributed by atoms with van der Waals surface area (Å²) in [5, 5.41) is 11.2. The maximum absolute atomic E-state index is 10.4. The lowest BCUT2D eigenvalue weighted by Crippen LogP contribution is -1.94. The number of unbranched alkanes of at least 4 members (excludes halogenated alkanes) is 2. The normalized spacial score (nSPS) is 10.7. The standard InChI is InChI=1S/C16H18O2/c17-16(18)12-3-1-2-7-13-9-6-10-14-8-4-5-11-15(13)14/h4-6,8-11H,1-3,7,12H2,(H,17,18). The number of hydrogen-bond acceptors (Lipinski definition) is 1. The maximum Gasteiger partial charge on any atom is 0.303 e. The summed E-state index contributed by atoms with van der Waals surface area (Å²) in [7, 11) is 0. The third-order valence-electron chi connectivity index (χ3n) is 3.22. The second kappa shape index (κ2) is 6.20. The molecule has 0 radical (unpaired) electrons. The Morgan fingerprint density at radius 3 is 2.56 bits per heavy atom. The Bertz CT molecular complexity index is 526. The molecule has 94 valence electrons. The fourth-order valence-electron chi connectivity index (χ4n) is 2.28. The van der Waals surface area contributed by atoms with E-state index in [0.29, 0.717) is 0 Å². The Kier molecular flexibility index (Phi) is 4.35. The highest BCUT2D eigenvalue weighted by molar-refractivity contribution is 5.85. The molecular weight excluding hydrogens is 224 g/mol. The Labute approximate surface area is 107 Å². The minimum absolute atomic E-state index is 0.287. The number of fused-ring (bicyclic) bond motifs is 1. The summed E-state index contributed by atoms with van der Waals surface area (Å²) < 4.78 is 0. The minimum atomic E-state index is -0.694. The highest BCUT2D eigenvalue weighted by atomic mass is 16.4. The van der Waals surface area contributed by atoms with Gasteiger partial charge in [-0.2, -0.15) is 0 Å². The zero-order valence-corrected chi connectivity index (χ0v) is 10.4. The molecule has 18 heavy (non-hydrogen) atoms. The molecule has 2 nitrogen and oxygen atoms in total. The van der Waals surface area contributed by atoms with Gasteiger partial charge in [-0.1, -0.05) is 48.9 Å². The van der Waals surface area contributed by atoms with E-state index in [2.05, 4.69) is 42.5 Å². The average Bonchev–Trinajstić information content (AvgIpc) is 2.38. The van der Waals surface area contributed by atoms with Gasteiger partial charge in [0.05, 0.1) is 0 Å². The van der Waals surface area contributed by atoms with E-state index in [1.165, 1.54) is 16.3 Å². The number of aryl methyl sites for hydroxylation is 1. The summed E-state index contributed by atoms with van der Waals surface area (Å²) >= 11 is 0. The lowest BCUT2D eigenvalue weighted by Gasteiger charge is -2.06. The van der Waals surface area contributed by atoms with Crippen LogP contribution in [0, 0.1) is 0 Å². The molecule has 0 aliphatic carbocycles. The minimum Gasteiger partial charge on any atom is -0.481 e. The Morgan fingerprint density at radius 1 is 0.944 bits per heavy atom. The van der Waals surface area contributed by atoms with Crippen molar-refractivity contribution >= 4 is 16.7 Å². The molecule has 0 aliphatic rings. The van der Waals surface area contributed by atoms with Crippen LogP contribution in [0.1, 0.15) is 31.2 Å². The number of carboxylic acid groups (broad SMARTS) is 1. The van der Waals surface area contributed by atoms with Crippen molar-refractivity contribution in [1.29, 1.82) is 0 Å². The molecule has 0 saturated carbocycles. The number of rotatable bonds is 6. The van der Waals surface area contributed by atoms with Crippen LogP contribution in [0.25, 0.3) is 10.8 Å². The highest BCUT2D eigenvalue weighted by Crippen LogP contribution is 2.20. The van der Waals surface area contributed by atoms with E-state index in [0.717, 1.165) is 25.7 Å². The van der Waals surface area contributed by atoms with Gasteiger partial charge in [0.2, 0.25) is 0 Å². The topological polar surface area (TPSA) is 37.3 Å². The van der Waals surface area contributed by atoms with E-state index in [1.807, 2.05) is 0 Å². The second-order valence-electron chi connectivity index (χ2n) is 4.59. The van der Waals surface area contributed by atoms with Gasteiger partial charge in [0, 0.05) is 6.42 Å². The fraction of sp³-hybridized carbons (Fsp3) is 0.312. The Morgan fingerprint density at radius 2 is 1.72 bits per heavy atom. The number of carboxylic acids is 1. The van der Waals surface area contributed by atoms with E-state index >= 15 is 0 Å². The predicted molar refractivity (Wildman–Crippen MR) is 73.8 cm³/mol. The van der Waals surface area contributed by atoms with E-state index in [4.69, 9.17) is 5.11 Å². The first kappa shape index (κ1) is 12.6. The first-order chi connectivity index (χ1) is 8.77. The molecule has 2 aromatic rings. The largest absolute Gasteiger partial charge is 0.481 e. The maximum atomic E-state index is 10.4. The molecule has 2 aromatic carbocycles. The van der Waals surface area contributed by atoms with E-state index in [9.17, 15) is 4.79 Å². The quantitative estimate of drug-likeness (QED) is 0.776. The molecule has 0 fully saturated rings. The van der Waals surface area contributed by atoms with Crippen molar-refractivity contribution in [3.05, 3.63) is 48.0 Å². The van der Waals surface area contributed by atoms with Crippen LogP contribution in [0.3, 0.4) is 0 Å². The third kappa shape index (κ3) is 3.33. The van der Waals surface area contributed by atoms with Crippen molar-refractivity contribution in [3.63, 3.8) is 0 Å².